The summed E-state index contributed by atoms with van der Waals surface area (Å²) in [6.45, 7) is 3.03. The summed E-state index contributed by atoms with van der Waals surface area (Å²) in [4.78, 5) is 4.46. The molecule has 17 heavy (non-hydrogen) atoms. The average molecular weight is 253 g/mol. The van der Waals surface area contributed by atoms with E-state index in [1.165, 1.54) is 25.7 Å². The van der Waals surface area contributed by atoms with E-state index in [2.05, 4.69) is 10.3 Å². The molecule has 1 saturated carbocycles. The maximum Gasteiger partial charge on any atom is 0.126 e. The minimum Gasteiger partial charge on any atom is -0.370 e. The van der Waals surface area contributed by atoms with Crippen molar-refractivity contribution in [3.05, 3.63) is 23.9 Å². The van der Waals surface area contributed by atoms with Crippen LogP contribution in [0.4, 0.5) is 5.82 Å². The molecule has 1 aliphatic carbocycles. The molecule has 0 radical (unpaired) electrons. The Morgan fingerprint density at radius 1 is 1.29 bits per heavy atom. The van der Waals surface area contributed by atoms with Crippen LogP contribution in [0.15, 0.2) is 18.2 Å². The van der Waals surface area contributed by atoms with Crippen molar-refractivity contribution in [2.75, 3.05) is 17.7 Å². The summed E-state index contributed by atoms with van der Waals surface area (Å²) >= 11 is 6.04. The average Bonchev–Trinajstić information content (AvgIpc) is 2.37. The van der Waals surface area contributed by atoms with Gasteiger partial charge in [-0.3, -0.25) is 0 Å². The fraction of sp³-hybridized carbons (Fsp3) is 0.643. The molecule has 2 unspecified atom stereocenters. The van der Waals surface area contributed by atoms with Gasteiger partial charge < -0.3 is 5.32 Å². The quantitative estimate of drug-likeness (QED) is 0.824. The van der Waals surface area contributed by atoms with Crippen LogP contribution in [-0.2, 0) is 0 Å². The van der Waals surface area contributed by atoms with Crippen molar-refractivity contribution in [1.29, 1.82) is 0 Å². The Bertz CT molecular complexity index is 354. The van der Waals surface area contributed by atoms with Gasteiger partial charge in [0.05, 0.1) is 0 Å². The Labute approximate surface area is 109 Å². The van der Waals surface area contributed by atoms with Crippen LogP contribution in [0.5, 0.6) is 0 Å². The highest BCUT2D eigenvalue weighted by Crippen LogP contribution is 2.30. The van der Waals surface area contributed by atoms with E-state index in [1.54, 1.807) is 0 Å². The molecule has 1 aromatic heterocycles. The van der Waals surface area contributed by atoms with E-state index in [1.807, 2.05) is 25.1 Å². The predicted molar refractivity (Wildman–Crippen MR) is 73.6 cm³/mol. The zero-order chi connectivity index (χ0) is 12.1. The summed E-state index contributed by atoms with van der Waals surface area (Å²) in [7, 11) is 0. The standard InChI is InChI=1S/C14H21ClN2/c1-11-5-4-8-14(17-11)16-10-13-7-3-2-6-12(13)9-15/h4-5,8,12-13H,2-3,6-7,9-10H2,1H3,(H,16,17). The Hall–Kier alpha value is -0.760. The lowest BCUT2D eigenvalue weighted by Crippen LogP contribution is -2.27. The predicted octanol–water partition coefficient (Wildman–Crippen LogP) is 3.85. The van der Waals surface area contributed by atoms with Crippen molar-refractivity contribution < 1.29 is 0 Å². The van der Waals surface area contributed by atoms with Gasteiger partial charge in [0.15, 0.2) is 0 Å². The van der Waals surface area contributed by atoms with Crippen LogP contribution in [0.3, 0.4) is 0 Å². The van der Waals surface area contributed by atoms with Gasteiger partial charge in [-0.15, -0.1) is 11.6 Å². The van der Waals surface area contributed by atoms with E-state index in [0.29, 0.717) is 11.8 Å². The molecule has 0 amide bonds. The lowest BCUT2D eigenvalue weighted by Gasteiger charge is -2.30. The first-order chi connectivity index (χ1) is 8.29. The molecular weight excluding hydrogens is 232 g/mol. The molecule has 3 heteroatoms. The van der Waals surface area contributed by atoms with Gasteiger partial charge in [-0.25, -0.2) is 4.98 Å². The summed E-state index contributed by atoms with van der Waals surface area (Å²) in [5.41, 5.74) is 1.06. The van der Waals surface area contributed by atoms with Gasteiger partial charge in [0, 0.05) is 18.1 Å². The second-order valence-electron chi connectivity index (χ2n) is 5.00. The molecule has 2 rings (SSSR count). The summed E-state index contributed by atoms with van der Waals surface area (Å²) in [6, 6.07) is 6.10. The van der Waals surface area contributed by atoms with Crippen LogP contribution in [0.2, 0.25) is 0 Å². The minimum absolute atomic E-state index is 0.683. The van der Waals surface area contributed by atoms with Gasteiger partial charge in [0.2, 0.25) is 0 Å². The third-order valence-electron chi connectivity index (χ3n) is 3.70. The van der Waals surface area contributed by atoms with Crippen molar-refractivity contribution >= 4 is 17.4 Å². The number of pyridine rings is 1. The SMILES string of the molecule is Cc1cccc(NCC2CCCCC2CCl)n1. The van der Waals surface area contributed by atoms with Crippen molar-refractivity contribution in [3.63, 3.8) is 0 Å². The number of nitrogens with zero attached hydrogens (tertiary/aromatic N) is 1. The first-order valence-electron chi connectivity index (χ1n) is 6.53. The van der Waals surface area contributed by atoms with Crippen LogP contribution in [-0.4, -0.2) is 17.4 Å². The van der Waals surface area contributed by atoms with Gasteiger partial charge in [-0.2, -0.15) is 0 Å². The molecule has 0 aromatic carbocycles. The zero-order valence-corrected chi connectivity index (χ0v) is 11.2. The number of halogens is 1. The molecule has 1 aromatic rings. The Balaban J connectivity index is 1.88. The van der Waals surface area contributed by atoms with E-state index in [0.717, 1.165) is 23.9 Å². The second kappa shape index (κ2) is 6.25. The maximum atomic E-state index is 6.04. The molecule has 1 N–H and O–H groups in total. The van der Waals surface area contributed by atoms with Gasteiger partial charge in [-0.1, -0.05) is 18.9 Å². The number of rotatable bonds is 4. The molecular formula is C14H21ClN2. The summed E-state index contributed by atoms with van der Waals surface area (Å²) in [5.74, 6) is 3.18. The van der Waals surface area contributed by atoms with E-state index in [-0.39, 0.29) is 0 Å². The third-order valence-corrected chi connectivity index (χ3v) is 4.09. The highest BCUT2D eigenvalue weighted by molar-refractivity contribution is 6.18. The van der Waals surface area contributed by atoms with Gasteiger partial charge >= 0.3 is 0 Å². The van der Waals surface area contributed by atoms with Crippen molar-refractivity contribution in [2.45, 2.75) is 32.6 Å². The van der Waals surface area contributed by atoms with Crippen molar-refractivity contribution in [1.82, 2.24) is 4.98 Å². The number of anilines is 1. The Morgan fingerprint density at radius 3 is 2.76 bits per heavy atom. The molecule has 1 aliphatic rings. The number of alkyl halides is 1. The molecule has 1 fully saturated rings. The second-order valence-corrected chi connectivity index (χ2v) is 5.31. The van der Waals surface area contributed by atoms with Crippen LogP contribution in [0, 0.1) is 18.8 Å². The van der Waals surface area contributed by atoms with E-state index in [4.69, 9.17) is 11.6 Å². The van der Waals surface area contributed by atoms with Gasteiger partial charge in [0.1, 0.15) is 5.82 Å². The number of hydrogen-bond donors (Lipinski definition) is 1. The van der Waals surface area contributed by atoms with Crippen molar-refractivity contribution in [3.8, 4) is 0 Å². The number of nitrogens with one attached hydrogen (secondary N) is 1. The van der Waals surface area contributed by atoms with Gasteiger partial charge in [0.25, 0.3) is 0 Å². The van der Waals surface area contributed by atoms with Crippen LogP contribution in [0.1, 0.15) is 31.4 Å². The minimum atomic E-state index is 0.683. The highest BCUT2D eigenvalue weighted by Gasteiger charge is 2.23. The molecule has 2 nitrogen and oxygen atoms in total. The van der Waals surface area contributed by atoms with Crippen LogP contribution < -0.4 is 5.32 Å². The topological polar surface area (TPSA) is 24.9 Å². The van der Waals surface area contributed by atoms with Gasteiger partial charge in [-0.05, 0) is 43.7 Å². The molecule has 1 heterocycles. The summed E-state index contributed by atoms with van der Waals surface area (Å²) < 4.78 is 0. The largest absolute Gasteiger partial charge is 0.370 e. The number of hydrogen-bond acceptors (Lipinski definition) is 2. The Morgan fingerprint density at radius 2 is 2.06 bits per heavy atom. The molecule has 0 bridgehead atoms. The summed E-state index contributed by atoms with van der Waals surface area (Å²) in [6.07, 6.45) is 5.28. The number of aromatic nitrogens is 1. The van der Waals surface area contributed by atoms with E-state index in [9.17, 15) is 0 Å². The molecule has 0 saturated heterocycles. The Kier molecular flexibility index (Phi) is 4.66. The fourth-order valence-corrected chi connectivity index (χ4v) is 3.04. The fourth-order valence-electron chi connectivity index (χ4n) is 2.63. The zero-order valence-electron chi connectivity index (χ0n) is 10.5. The molecule has 0 aliphatic heterocycles. The lowest BCUT2D eigenvalue weighted by molar-refractivity contribution is 0.272. The van der Waals surface area contributed by atoms with Crippen LogP contribution >= 0.6 is 11.6 Å². The molecule has 0 spiro atoms. The first-order valence-corrected chi connectivity index (χ1v) is 7.06. The lowest BCUT2D eigenvalue weighted by atomic mass is 9.80. The normalized spacial score (nSPS) is 24.6. The molecule has 2 atom stereocenters. The molecule has 94 valence electrons. The van der Waals surface area contributed by atoms with E-state index < -0.39 is 0 Å². The number of aryl methyl sites for hydroxylation is 1. The maximum absolute atomic E-state index is 6.04. The van der Waals surface area contributed by atoms with E-state index >= 15 is 0 Å². The monoisotopic (exact) mass is 252 g/mol. The third kappa shape index (κ3) is 3.60. The smallest absolute Gasteiger partial charge is 0.126 e. The van der Waals surface area contributed by atoms with Crippen LogP contribution in [0.25, 0.3) is 0 Å². The highest BCUT2D eigenvalue weighted by atomic mass is 35.5. The van der Waals surface area contributed by atoms with Crippen molar-refractivity contribution in [2.24, 2.45) is 11.8 Å². The first kappa shape index (κ1) is 12.7. The summed E-state index contributed by atoms with van der Waals surface area (Å²) in [5, 5.41) is 3.45.